The zero-order chi connectivity index (χ0) is 13.0. The van der Waals surface area contributed by atoms with Gasteiger partial charge in [-0.1, -0.05) is 9.94 Å². The van der Waals surface area contributed by atoms with Crippen molar-refractivity contribution in [1.82, 2.24) is 9.94 Å². The topological polar surface area (TPSA) is 62.6 Å². The van der Waals surface area contributed by atoms with Crippen molar-refractivity contribution in [3.8, 4) is 11.6 Å². The number of ether oxygens (including phenoxy) is 2. The fourth-order valence-corrected chi connectivity index (χ4v) is 1.17. The highest BCUT2D eigenvalue weighted by Crippen LogP contribution is 2.22. The molecule has 0 fully saturated rings. The highest BCUT2D eigenvalue weighted by molar-refractivity contribution is 5.30. The van der Waals surface area contributed by atoms with Crippen LogP contribution in [0.25, 0.3) is 0 Å². The lowest BCUT2D eigenvalue weighted by Crippen LogP contribution is -2.33. The van der Waals surface area contributed by atoms with Gasteiger partial charge in [-0.05, 0) is 27.7 Å². The summed E-state index contributed by atoms with van der Waals surface area (Å²) >= 11 is 0. The molecule has 1 rings (SSSR count). The smallest absolute Gasteiger partial charge is 0.307 e. The van der Waals surface area contributed by atoms with Crippen LogP contribution in [-0.4, -0.2) is 29.3 Å². The van der Waals surface area contributed by atoms with Crippen LogP contribution < -0.4 is 19.9 Å². The molecule has 0 amide bonds. The molecule has 1 heterocycles. The van der Waals surface area contributed by atoms with Crippen LogP contribution in [0.1, 0.15) is 27.7 Å². The number of hydrogen-bond acceptors (Lipinski definition) is 5. The Morgan fingerprint density at radius 3 is 2.35 bits per heavy atom. The van der Waals surface area contributed by atoms with Gasteiger partial charge in [0.15, 0.2) is 5.75 Å². The predicted molar refractivity (Wildman–Crippen MR) is 62.5 cm³/mol. The van der Waals surface area contributed by atoms with Gasteiger partial charge >= 0.3 is 5.56 Å². The summed E-state index contributed by atoms with van der Waals surface area (Å²) in [6.45, 7) is 7.32. The first-order chi connectivity index (χ1) is 7.93. The van der Waals surface area contributed by atoms with Crippen molar-refractivity contribution in [1.29, 1.82) is 0 Å². The second-order valence-electron chi connectivity index (χ2n) is 4.05. The quantitative estimate of drug-likeness (QED) is 0.767. The van der Waals surface area contributed by atoms with E-state index in [1.807, 2.05) is 13.8 Å². The van der Waals surface area contributed by atoms with E-state index >= 15 is 0 Å². The predicted octanol–water partition coefficient (Wildman–Crippen LogP) is 0.876. The van der Waals surface area contributed by atoms with Gasteiger partial charge in [-0.2, -0.15) is 0 Å². The van der Waals surface area contributed by atoms with Crippen LogP contribution in [0.5, 0.6) is 11.6 Å². The summed E-state index contributed by atoms with van der Waals surface area (Å²) in [5.74, 6) is 0.537. The molecule has 6 nitrogen and oxygen atoms in total. The summed E-state index contributed by atoms with van der Waals surface area (Å²) in [5, 5.41) is 3.92. The van der Waals surface area contributed by atoms with Gasteiger partial charge in [-0.15, -0.1) is 0 Å². The van der Waals surface area contributed by atoms with Gasteiger partial charge in [0.05, 0.1) is 19.3 Å². The normalized spacial score (nSPS) is 10.8. The van der Waals surface area contributed by atoms with Gasteiger partial charge in [0.1, 0.15) is 6.10 Å². The fraction of sp³-hybridized carbons (Fsp3) is 0.636. The van der Waals surface area contributed by atoms with Gasteiger partial charge in [0.25, 0.3) is 5.88 Å². The second-order valence-corrected chi connectivity index (χ2v) is 4.05. The third-order valence-electron chi connectivity index (χ3n) is 1.70. The molecule has 0 N–H and O–H groups in total. The van der Waals surface area contributed by atoms with Gasteiger partial charge in [-0.3, -0.25) is 4.79 Å². The van der Waals surface area contributed by atoms with Crippen molar-refractivity contribution >= 4 is 0 Å². The third kappa shape index (κ3) is 3.65. The number of rotatable bonds is 5. The van der Waals surface area contributed by atoms with Crippen molar-refractivity contribution in [2.45, 2.75) is 39.9 Å². The standard InChI is InChI=1S/C11H18N2O4/c1-7(2)16-9-6-10(14)13(17-8(3)4)12-11(9)15-5/h6-8H,1-5H3. The summed E-state index contributed by atoms with van der Waals surface area (Å²) in [7, 11) is 1.46. The first-order valence-corrected chi connectivity index (χ1v) is 5.46. The highest BCUT2D eigenvalue weighted by atomic mass is 16.7. The van der Waals surface area contributed by atoms with E-state index in [1.54, 1.807) is 13.8 Å². The minimum absolute atomic E-state index is 0.0630. The van der Waals surface area contributed by atoms with Crippen LogP contribution in [-0.2, 0) is 0 Å². The molecule has 96 valence electrons. The summed E-state index contributed by atoms with van der Waals surface area (Å²) in [4.78, 5) is 17.8. The highest BCUT2D eigenvalue weighted by Gasteiger charge is 2.13. The molecule has 1 aromatic rings. The van der Waals surface area contributed by atoms with Crippen molar-refractivity contribution in [3.63, 3.8) is 0 Å². The summed E-state index contributed by atoms with van der Waals surface area (Å²) in [5.41, 5.74) is -0.393. The Labute approximate surface area is 100 Å². The van der Waals surface area contributed by atoms with Gasteiger partial charge in [-0.25, -0.2) is 0 Å². The lowest BCUT2D eigenvalue weighted by molar-refractivity contribution is 0.0226. The van der Waals surface area contributed by atoms with Gasteiger partial charge in [0, 0.05) is 0 Å². The minimum atomic E-state index is -0.393. The minimum Gasteiger partial charge on any atom is -0.485 e. The zero-order valence-electron chi connectivity index (χ0n) is 10.8. The summed E-state index contributed by atoms with van der Waals surface area (Å²) < 4.78 is 10.5. The lowest BCUT2D eigenvalue weighted by atomic mass is 10.4. The lowest BCUT2D eigenvalue weighted by Gasteiger charge is -2.15. The first-order valence-electron chi connectivity index (χ1n) is 5.46. The molecular formula is C11H18N2O4. The van der Waals surface area contributed by atoms with Crippen molar-refractivity contribution in [2.75, 3.05) is 7.11 Å². The van der Waals surface area contributed by atoms with Crippen LogP contribution in [0.3, 0.4) is 0 Å². The maximum absolute atomic E-state index is 11.7. The van der Waals surface area contributed by atoms with Crippen molar-refractivity contribution < 1.29 is 14.3 Å². The molecule has 0 radical (unpaired) electrons. The Bertz CT molecular complexity index is 426. The number of aromatic nitrogens is 2. The first kappa shape index (κ1) is 13.3. The molecule has 6 heteroatoms. The molecule has 0 unspecified atom stereocenters. The largest absolute Gasteiger partial charge is 0.485 e. The van der Waals surface area contributed by atoms with E-state index in [1.165, 1.54) is 13.2 Å². The van der Waals surface area contributed by atoms with E-state index in [-0.39, 0.29) is 18.1 Å². The van der Waals surface area contributed by atoms with Gasteiger partial charge in [0.2, 0.25) is 0 Å². The molecule has 17 heavy (non-hydrogen) atoms. The maximum atomic E-state index is 11.7. The molecule has 0 bridgehead atoms. The maximum Gasteiger partial charge on any atom is 0.307 e. The molecular weight excluding hydrogens is 224 g/mol. The van der Waals surface area contributed by atoms with E-state index in [2.05, 4.69) is 5.10 Å². The number of nitrogens with zero attached hydrogens (tertiary/aromatic N) is 2. The van der Waals surface area contributed by atoms with Crippen LogP contribution in [0.15, 0.2) is 10.9 Å². The van der Waals surface area contributed by atoms with E-state index in [9.17, 15) is 4.79 Å². The van der Waals surface area contributed by atoms with E-state index in [4.69, 9.17) is 14.3 Å². The average Bonchev–Trinajstić information content (AvgIpc) is 2.20. The zero-order valence-corrected chi connectivity index (χ0v) is 10.8. The Balaban J connectivity index is 3.10. The Kier molecular flexibility index (Phi) is 4.37. The van der Waals surface area contributed by atoms with Crippen LogP contribution in [0, 0.1) is 0 Å². The summed E-state index contributed by atoms with van der Waals surface area (Å²) in [6.07, 6.45) is -0.214. The molecule has 0 saturated carbocycles. The third-order valence-corrected chi connectivity index (χ3v) is 1.70. The number of hydrogen-bond donors (Lipinski definition) is 0. The second kappa shape index (κ2) is 5.56. The Morgan fingerprint density at radius 2 is 1.88 bits per heavy atom. The van der Waals surface area contributed by atoms with E-state index in [0.717, 1.165) is 4.85 Å². The Morgan fingerprint density at radius 1 is 1.24 bits per heavy atom. The molecule has 0 atom stereocenters. The monoisotopic (exact) mass is 242 g/mol. The van der Waals surface area contributed by atoms with Crippen LogP contribution in [0.4, 0.5) is 0 Å². The van der Waals surface area contributed by atoms with E-state index < -0.39 is 5.56 Å². The molecule has 0 aliphatic rings. The van der Waals surface area contributed by atoms with Gasteiger partial charge < -0.3 is 14.3 Å². The molecule has 0 aliphatic heterocycles. The Hall–Kier alpha value is -1.72. The van der Waals surface area contributed by atoms with E-state index in [0.29, 0.717) is 5.75 Å². The average molecular weight is 242 g/mol. The van der Waals surface area contributed by atoms with Crippen LogP contribution >= 0.6 is 0 Å². The van der Waals surface area contributed by atoms with Crippen LogP contribution in [0.2, 0.25) is 0 Å². The fourth-order valence-electron chi connectivity index (χ4n) is 1.17. The van der Waals surface area contributed by atoms with Crippen molar-refractivity contribution in [2.24, 2.45) is 0 Å². The SMILES string of the molecule is COc1nn(OC(C)C)c(=O)cc1OC(C)C. The van der Waals surface area contributed by atoms with Crippen molar-refractivity contribution in [3.05, 3.63) is 16.4 Å². The molecule has 0 aromatic carbocycles. The summed E-state index contributed by atoms with van der Waals surface area (Å²) in [6, 6.07) is 1.30. The number of methoxy groups -OCH3 is 1. The molecule has 0 saturated heterocycles. The molecule has 1 aromatic heterocycles. The molecule has 0 aliphatic carbocycles. The molecule has 0 spiro atoms.